The Hall–Kier alpha value is -0.911. The summed E-state index contributed by atoms with van der Waals surface area (Å²) in [4.78, 5) is 0. The van der Waals surface area contributed by atoms with Gasteiger partial charge in [-0.05, 0) is 0 Å². The zero-order valence-electron chi connectivity index (χ0n) is 11.3. The van der Waals surface area contributed by atoms with Crippen molar-refractivity contribution in [1.82, 2.24) is 0 Å². The second-order valence-electron chi connectivity index (χ2n) is 4.76. The van der Waals surface area contributed by atoms with Gasteiger partial charge in [-0.25, -0.2) is 0 Å². The predicted molar refractivity (Wildman–Crippen MR) is 98.6 cm³/mol. The normalized spacial score (nSPS) is 11.3. The van der Waals surface area contributed by atoms with Crippen molar-refractivity contribution in [2.24, 2.45) is 0 Å². The topological polar surface area (TPSA) is 0 Å². The number of benzene rings is 3. The molecule has 0 nitrogen and oxygen atoms in total. The molecule has 3 aromatic carbocycles. The molecule has 0 spiro atoms. The predicted octanol–water partition coefficient (Wildman–Crippen LogP) is 3.83. The van der Waals surface area contributed by atoms with Crippen LogP contribution in [0, 0.1) is 0 Å². The standard InChI is InChI=1S/C18H14BrPSe/c19-15-11-13-18(14-12-15)20(21,16-7-3-1-4-8-16)17-9-5-2-6-10-17/h1-14H. The molecular weight excluding hydrogens is 406 g/mol. The van der Waals surface area contributed by atoms with E-state index in [0.717, 1.165) is 4.47 Å². The van der Waals surface area contributed by atoms with Gasteiger partial charge in [0.25, 0.3) is 0 Å². The Morgan fingerprint density at radius 3 is 1.38 bits per heavy atom. The molecule has 0 aliphatic heterocycles. The first-order valence-electron chi connectivity index (χ1n) is 6.69. The fraction of sp³-hybridized carbons (Fsp3) is 0. The monoisotopic (exact) mass is 420 g/mol. The van der Waals surface area contributed by atoms with Crippen LogP contribution in [-0.4, -0.2) is 15.1 Å². The average molecular weight is 420 g/mol. The van der Waals surface area contributed by atoms with E-state index in [4.69, 9.17) is 0 Å². The van der Waals surface area contributed by atoms with Gasteiger partial charge in [-0.15, -0.1) is 0 Å². The fourth-order valence-corrected chi connectivity index (χ4v) is 7.58. The minimum absolute atomic E-state index is 1.11. The van der Waals surface area contributed by atoms with Crippen molar-refractivity contribution in [2.75, 3.05) is 0 Å². The van der Waals surface area contributed by atoms with Gasteiger partial charge in [0, 0.05) is 0 Å². The van der Waals surface area contributed by atoms with E-state index in [-0.39, 0.29) is 0 Å². The van der Waals surface area contributed by atoms with E-state index in [9.17, 15) is 0 Å². The minimum atomic E-state index is -1.69. The van der Waals surface area contributed by atoms with E-state index in [0.29, 0.717) is 0 Å². The number of halogens is 1. The molecular formula is C18H14BrPSe. The van der Waals surface area contributed by atoms with Crippen molar-refractivity contribution < 1.29 is 0 Å². The molecule has 0 saturated heterocycles. The van der Waals surface area contributed by atoms with E-state index in [1.54, 1.807) is 0 Å². The zero-order chi connectivity index (χ0) is 14.7. The van der Waals surface area contributed by atoms with Crippen LogP contribution in [0.1, 0.15) is 0 Å². The van der Waals surface area contributed by atoms with Crippen LogP contribution in [0.15, 0.2) is 89.4 Å². The first-order chi connectivity index (χ1) is 10.2. The molecule has 0 radical (unpaired) electrons. The molecule has 0 bridgehead atoms. The van der Waals surface area contributed by atoms with E-state index >= 15 is 0 Å². The first-order valence-corrected chi connectivity index (χ1v) is 11.5. The Morgan fingerprint density at radius 2 is 0.952 bits per heavy atom. The van der Waals surface area contributed by atoms with Crippen LogP contribution in [0.4, 0.5) is 0 Å². The summed E-state index contributed by atoms with van der Waals surface area (Å²) in [6.07, 6.45) is 0. The maximum absolute atomic E-state index is 3.55. The molecule has 0 aromatic heterocycles. The second-order valence-corrected chi connectivity index (χ2v) is 11.9. The fourth-order valence-electron chi connectivity index (χ4n) is 2.37. The summed E-state index contributed by atoms with van der Waals surface area (Å²) >= 11 is 7.08. The summed E-state index contributed by atoms with van der Waals surface area (Å²) < 4.78 is 1.11. The van der Waals surface area contributed by atoms with E-state index in [2.05, 4.69) is 116 Å². The molecule has 0 unspecified atom stereocenters. The summed E-state index contributed by atoms with van der Waals surface area (Å²) in [5.74, 6) is 0. The Morgan fingerprint density at radius 1 is 0.571 bits per heavy atom. The van der Waals surface area contributed by atoms with Crippen molar-refractivity contribution in [3.8, 4) is 0 Å². The van der Waals surface area contributed by atoms with Crippen LogP contribution < -0.4 is 15.9 Å². The molecule has 0 amide bonds. The van der Waals surface area contributed by atoms with Gasteiger partial charge in [-0.2, -0.15) is 0 Å². The van der Waals surface area contributed by atoms with Crippen molar-refractivity contribution >= 4 is 52.5 Å². The molecule has 0 aliphatic rings. The second kappa shape index (κ2) is 6.46. The summed E-state index contributed by atoms with van der Waals surface area (Å²) in [6, 6.07) is 30.2. The molecule has 104 valence electrons. The summed E-state index contributed by atoms with van der Waals surface area (Å²) in [5, 5.41) is 4.07. The third-order valence-corrected chi connectivity index (χ3v) is 11.0. The van der Waals surface area contributed by atoms with Crippen LogP contribution in [-0.2, 0) is 0 Å². The van der Waals surface area contributed by atoms with Gasteiger partial charge in [-0.3, -0.25) is 0 Å². The molecule has 3 aromatic rings. The van der Waals surface area contributed by atoms with Crippen molar-refractivity contribution in [3.05, 3.63) is 89.4 Å². The molecule has 0 heterocycles. The van der Waals surface area contributed by atoms with Crippen molar-refractivity contribution in [1.29, 1.82) is 0 Å². The van der Waals surface area contributed by atoms with E-state index in [1.165, 1.54) is 15.9 Å². The molecule has 0 saturated carbocycles. The van der Waals surface area contributed by atoms with Crippen LogP contribution in [0.25, 0.3) is 0 Å². The maximum atomic E-state index is 3.55. The van der Waals surface area contributed by atoms with Crippen LogP contribution in [0.2, 0.25) is 0 Å². The average Bonchev–Trinajstić information content (AvgIpc) is 2.56. The molecule has 3 rings (SSSR count). The van der Waals surface area contributed by atoms with Gasteiger partial charge in [0.15, 0.2) is 0 Å². The van der Waals surface area contributed by atoms with Gasteiger partial charge < -0.3 is 0 Å². The van der Waals surface area contributed by atoms with Crippen molar-refractivity contribution in [2.45, 2.75) is 0 Å². The van der Waals surface area contributed by atoms with Gasteiger partial charge in [0.2, 0.25) is 0 Å². The van der Waals surface area contributed by atoms with Crippen LogP contribution in [0.3, 0.4) is 0 Å². The Bertz CT molecular complexity index is 724. The van der Waals surface area contributed by atoms with Gasteiger partial charge >= 0.3 is 142 Å². The first kappa shape index (κ1) is 15.0. The number of rotatable bonds is 3. The van der Waals surface area contributed by atoms with Crippen LogP contribution in [0.5, 0.6) is 0 Å². The number of hydrogen-bond donors (Lipinski definition) is 0. The van der Waals surface area contributed by atoms with Gasteiger partial charge in [0.05, 0.1) is 0 Å². The van der Waals surface area contributed by atoms with E-state index < -0.39 is 5.51 Å². The molecule has 0 atom stereocenters. The third-order valence-electron chi connectivity index (χ3n) is 3.43. The van der Waals surface area contributed by atoms with E-state index in [1.807, 2.05) is 0 Å². The quantitative estimate of drug-likeness (QED) is 0.447. The van der Waals surface area contributed by atoms with Crippen LogP contribution >= 0.6 is 21.4 Å². The molecule has 0 fully saturated rings. The number of hydrogen-bond acceptors (Lipinski definition) is 0. The SMILES string of the molecule is [Se]=P(c1ccccc1)(c1ccccc1)c1ccc(Br)cc1. The Labute approximate surface area is 141 Å². The molecule has 0 aliphatic carbocycles. The summed E-state index contributed by atoms with van der Waals surface area (Å²) in [7, 11) is 0. The van der Waals surface area contributed by atoms with Gasteiger partial charge in [0.1, 0.15) is 0 Å². The Balaban J connectivity index is 2.26. The molecule has 0 N–H and O–H groups in total. The summed E-state index contributed by atoms with van der Waals surface area (Å²) in [6.45, 7) is 0. The summed E-state index contributed by atoms with van der Waals surface area (Å²) in [5.41, 5.74) is -1.69. The van der Waals surface area contributed by atoms with Gasteiger partial charge in [-0.1, -0.05) is 0 Å². The third kappa shape index (κ3) is 3.00. The van der Waals surface area contributed by atoms with Crippen molar-refractivity contribution in [3.63, 3.8) is 0 Å². The zero-order valence-corrected chi connectivity index (χ0v) is 15.5. The molecule has 21 heavy (non-hydrogen) atoms. The Kier molecular flexibility index (Phi) is 4.62. The molecule has 3 heteroatoms.